The molecule has 206 valence electrons. The third-order valence-electron chi connectivity index (χ3n) is 6.68. The van der Waals surface area contributed by atoms with E-state index in [0.717, 1.165) is 9.13 Å². The van der Waals surface area contributed by atoms with Gasteiger partial charge in [0.2, 0.25) is 5.95 Å². The van der Waals surface area contributed by atoms with Crippen LogP contribution < -0.4 is 0 Å². The highest BCUT2D eigenvalue weighted by atomic mass is 15.2. The molecule has 0 saturated carbocycles. The smallest absolute Gasteiger partial charge is 0.238 e. The summed E-state index contributed by atoms with van der Waals surface area (Å²) >= 11 is 0. The molecule has 44 heavy (non-hydrogen) atoms. The molecule has 0 atom stereocenters. The van der Waals surface area contributed by atoms with Crippen LogP contribution in [0, 0.1) is 0 Å². The van der Waals surface area contributed by atoms with Crippen molar-refractivity contribution in [1.29, 1.82) is 0 Å². The van der Waals surface area contributed by atoms with E-state index in [4.69, 9.17) is 30.2 Å². The number of aromatic nitrogens is 6. The molecule has 6 nitrogen and oxygen atoms in total. The van der Waals surface area contributed by atoms with E-state index in [0.29, 0.717) is 0 Å². The number of rotatable bonds is 4. The van der Waals surface area contributed by atoms with Crippen molar-refractivity contribution in [3.8, 4) is 34.4 Å². The maximum absolute atomic E-state index is 9.37. The van der Waals surface area contributed by atoms with E-state index in [9.17, 15) is 2.74 Å². The van der Waals surface area contributed by atoms with Crippen LogP contribution in [0.25, 0.3) is 78.2 Å². The van der Waals surface area contributed by atoms with Gasteiger partial charge in [-0.3, -0.25) is 9.55 Å². The maximum atomic E-state index is 9.37. The van der Waals surface area contributed by atoms with Gasteiger partial charge < -0.3 is 4.57 Å². The van der Waals surface area contributed by atoms with E-state index in [1.54, 1.807) is 0 Å². The van der Waals surface area contributed by atoms with Crippen molar-refractivity contribution in [2.45, 2.75) is 0 Å². The fourth-order valence-corrected chi connectivity index (χ4v) is 4.91. The number of para-hydroxylation sites is 4. The van der Waals surface area contributed by atoms with Crippen molar-refractivity contribution in [3.63, 3.8) is 0 Å². The summed E-state index contributed by atoms with van der Waals surface area (Å²) in [6.45, 7) is 0. The molecule has 6 heteroatoms. The van der Waals surface area contributed by atoms with Gasteiger partial charge in [0, 0.05) is 33.5 Å². The SMILES string of the molecule is [2H]c1nc2c3c([2H])c([2H])c([2H])c([2H])c3n(-c3c([2H])c([2H])c([2H])c([2H])c3-c3nc(-c4c([2H])c([2H])c([2H])c([2H])c4[2H])nc(-n4c5c([2H])c([2H])c([2H])c([2H])c5c5c([2H])c([2H])c([2H])c([2H])c54)n3)c2c([2H])c1[2H]. The first-order valence-corrected chi connectivity index (χ1v) is 12.6. The average Bonchev–Trinajstić information content (AvgIpc) is 3.85. The van der Waals surface area contributed by atoms with Crippen LogP contribution in [0.5, 0.6) is 0 Å². The van der Waals surface area contributed by atoms with Crippen LogP contribution in [0.4, 0.5) is 0 Å². The third-order valence-corrected chi connectivity index (χ3v) is 6.68. The Labute approximate surface area is 286 Å². The molecule has 0 N–H and O–H groups in total. The van der Waals surface area contributed by atoms with E-state index < -0.39 is 223 Å². The molecule has 4 aromatic heterocycles. The second kappa shape index (κ2) is 9.71. The number of hydrogen-bond acceptors (Lipinski definition) is 4. The van der Waals surface area contributed by atoms with Crippen LogP contribution in [0.3, 0.4) is 0 Å². The Morgan fingerprint density at radius 3 is 1.77 bits per heavy atom. The van der Waals surface area contributed by atoms with Crippen molar-refractivity contribution in [1.82, 2.24) is 29.1 Å². The van der Waals surface area contributed by atoms with Gasteiger partial charge in [0.05, 0.1) is 66.2 Å². The Kier molecular flexibility index (Phi) is 2.33. The van der Waals surface area contributed by atoms with Gasteiger partial charge >= 0.3 is 0 Å². The zero-order chi connectivity index (χ0) is 49.9. The zero-order valence-corrected chi connectivity index (χ0v) is 21.7. The molecule has 0 unspecified atom stereocenters. The number of benzene rings is 5. The van der Waals surface area contributed by atoms with Gasteiger partial charge in [-0.25, -0.2) is 4.98 Å². The van der Waals surface area contributed by atoms with Crippen molar-refractivity contribution >= 4 is 43.7 Å². The molecule has 0 aliphatic rings. The first-order chi connectivity index (χ1) is 31.8. The van der Waals surface area contributed by atoms with E-state index in [2.05, 4.69) is 19.9 Å². The van der Waals surface area contributed by atoms with Crippen LogP contribution in [-0.4, -0.2) is 29.1 Å². The third kappa shape index (κ3) is 3.68. The lowest BCUT2D eigenvalue weighted by atomic mass is 10.1. The molecule has 0 aliphatic carbocycles. The van der Waals surface area contributed by atoms with Gasteiger partial charge in [0.25, 0.3) is 0 Å². The molecule has 4 heterocycles. The summed E-state index contributed by atoms with van der Waals surface area (Å²) in [6.07, 6.45) is -0.795. The molecule has 0 fully saturated rings. The lowest BCUT2D eigenvalue weighted by Gasteiger charge is -2.15. The first kappa shape index (κ1) is 10.5. The van der Waals surface area contributed by atoms with Crippen LogP contribution in [0.1, 0.15) is 32.9 Å². The standard InChI is InChI=1S/C38H24N6/c1-2-13-25(14-3-1)36-40-37(42-38(41-36)44-30-19-8-4-15-26(30)27-16-5-9-20-31(27)44)29-18-7-11-22-33(29)43-32-21-10-6-17-28(32)35-34(43)23-12-24-39-35/h1-24H/i1D,2D,3D,4D,5D,6D,7D,8D,9D,10D,11D,12D,13D,14D,15D,16D,17D,18D,19D,20D,21D,22D,23D,24D. The molecule has 0 radical (unpaired) electrons. The fraction of sp³-hybridized carbons (Fsp3) is 0. The zero-order valence-electron chi connectivity index (χ0n) is 45.7. The van der Waals surface area contributed by atoms with Crippen LogP contribution in [-0.2, 0) is 0 Å². The van der Waals surface area contributed by atoms with E-state index in [-0.39, 0.29) is 0 Å². The van der Waals surface area contributed by atoms with Gasteiger partial charge in [-0.15, -0.1) is 0 Å². The van der Waals surface area contributed by atoms with Gasteiger partial charge in [0.15, 0.2) is 11.6 Å². The van der Waals surface area contributed by atoms with Gasteiger partial charge in [-0.1, -0.05) is 96.7 Å². The number of fused-ring (bicyclic) bond motifs is 6. The molecule has 0 bridgehead atoms. The molecule has 9 aromatic rings. The Hall–Kier alpha value is -6.14. The largest absolute Gasteiger partial charge is 0.307 e. The van der Waals surface area contributed by atoms with E-state index >= 15 is 0 Å². The highest BCUT2D eigenvalue weighted by molar-refractivity contribution is 6.09. The predicted molar refractivity (Wildman–Crippen MR) is 177 cm³/mol. The molecule has 0 aliphatic heterocycles. The van der Waals surface area contributed by atoms with Gasteiger partial charge in [-0.05, 0) is 42.3 Å². The van der Waals surface area contributed by atoms with Gasteiger partial charge in [0.1, 0.15) is 0 Å². The van der Waals surface area contributed by atoms with Crippen molar-refractivity contribution < 1.29 is 32.9 Å². The highest BCUT2D eigenvalue weighted by Crippen LogP contribution is 2.36. The van der Waals surface area contributed by atoms with Crippen LogP contribution >= 0.6 is 0 Å². The predicted octanol–water partition coefficient (Wildman–Crippen LogP) is 8.79. The second-order valence-electron chi connectivity index (χ2n) is 9.02. The summed E-state index contributed by atoms with van der Waals surface area (Å²) in [5, 5.41) is -1.35. The number of nitrogens with zero attached hydrogens (tertiary/aromatic N) is 6. The minimum absolute atomic E-state index is 0.434. The fourth-order valence-electron chi connectivity index (χ4n) is 4.91. The number of hydrogen-bond donors (Lipinski definition) is 0. The summed E-state index contributed by atoms with van der Waals surface area (Å²) in [6, 6.07) is -19.9. The van der Waals surface area contributed by atoms with Crippen LogP contribution in [0.2, 0.25) is 0 Å². The first-order valence-electron chi connectivity index (χ1n) is 24.6. The maximum Gasteiger partial charge on any atom is 0.238 e. The molecule has 9 rings (SSSR count). The van der Waals surface area contributed by atoms with Crippen molar-refractivity contribution in [2.75, 3.05) is 0 Å². The summed E-state index contributed by atoms with van der Waals surface area (Å²) in [4.78, 5) is 17.4. The van der Waals surface area contributed by atoms with Crippen molar-refractivity contribution in [3.05, 3.63) is 145 Å². The second-order valence-corrected chi connectivity index (χ2v) is 9.02. The van der Waals surface area contributed by atoms with Crippen LogP contribution in [0.15, 0.2) is 145 Å². The summed E-state index contributed by atoms with van der Waals surface area (Å²) < 4.78 is 212. The monoisotopic (exact) mass is 588 g/mol. The lowest BCUT2D eigenvalue weighted by molar-refractivity contribution is 0.951. The van der Waals surface area contributed by atoms with Gasteiger partial charge in [-0.2, -0.15) is 9.97 Å². The Morgan fingerprint density at radius 1 is 0.455 bits per heavy atom. The van der Waals surface area contributed by atoms with E-state index in [1.165, 1.54) is 0 Å². The molecule has 0 amide bonds. The molecular formula is C38H24N6. The summed E-state index contributed by atoms with van der Waals surface area (Å²) in [5.41, 5.74) is -5.01. The highest BCUT2D eigenvalue weighted by Gasteiger charge is 2.21. The normalized spacial score (nSPS) is 19.3. The molecule has 0 saturated heterocycles. The molecule has 0 spiro atoms. The molecular weight excluding hydrogens is 540 g/mol. The minimum atomic E-state index is -1.00. The average molecular weight is 589 g/mol. The summed E-state index contributed by atoms with van der Waals surface area (Å²) in [5.74, 6) is -2.60. The lowest BCUT2D eigenvalue weighted by Crippen LogP contribution is -2.07. The Morgan fingerprint density at radius 2 is 1.02 bits per heavy atom. The Balaban J connectivity index is 1.58. The molecule has 5 aromatic carbocycles. The topological polar surface area (TPSA) is 61.4 Å². The Bertz CT molecular complexity index is 3760. The summed E-state index contributed by atoms with van der Waals surface area (Å²) in [7, 11) is 0. The van der Waals surface area contributed by atoms with Crippen molar-refractivity contribution in [2.24, 2.45) is 0 Å². The minimum Gasteiger partial charge on any atom is -0.307 e. The number of pyridine rings is 1. The quantitative estimate of drug-likeness (QED) is 0.206. The van der Waals surface area contributed by atoms with E-state index in [1.807, 2.05) is 0 Å².